The van der Waals surface area contributed by atoms with E-state index in [0.29, 0.717) is 0 Å². The molecule has 102 valence electrons. The van der Waals surface area contributed by atoms with E-state index in [-0.39, 0.29) is 5.78 Å². The zero-order chi connectivity index (χ0) is 14.4. The van der Waals surface area contributed by atoms with Gasteiger partial charge < -0.3 is 0 Å². The summed E-state index contributed by atoms with van der Waals surface area (Å²) in [6, 6.07) is 17.7. The van der Waals surface area contributed by atoms with Gasteiger partial charge in [0.1, 0.15) is 0 Å². The molecule has 0 heterocycles. The van der Waals surface area contributed by atoms with Crippen molar-refractivity contribution in [2.24, 2.45) is 0 Å². The van der Waals surface area contributed by atoms with Crippen LogP contribution in [0.4, 0.5) is 0 Å². The van der Waals surface area contributed by atoms with E-state index in [1.54, 1.807) is 29.6 Å². The molecule has 3 heteroatoms. The number of carbonyl (C=O) groups is 1. The topological polar surface area (TPSA) is 17.1 Å². The Bertz CT molecular complexity index is 601. The Labute approximate surface area is 128 Å². The lowest BCUT2D eigenvalue weighted by Crippen LogP contribution is -1.94. The smallest absolute Gasteiger partial charge is 0.187 e. The normalized spacial score (nSPS) is 11.4. The minimum Gasteiger partial charge on any atom is -0.289 e. The van der Waals surface area contributed by atoms with Gasteiger partial charge in [-0.25, -0.2) is 0 Å². The molecule has 0 fully saturated rings. The lowest BCUT2D eigenvalue weighted by atomic mass is 10.1. The van der Waals surface area contributed by atoms with E-state index < -0.39 is 0 Å². The Morgan fingerprint density at radius 2 is 1.65 bits per heavy atom. The monoisotopic (exact) mass is 300 g/mol. The molecule has 0 aliphatic rings. The first-order valence-electron chi connectivity index (χ1n) is 6.28. The van der Waals surface area contributed by atoms with Gasteiger partial charge in [0, 0.05) is 20.8 Å². The second kappa shape index (κ2) is 7.36. The van der Waals surface area contributed by atoms with E-state index in [1.807, 2.05) is 36.6 Å². The van der Waals surface area contributed by atoms with Gasteiger partial charge in [-0.05, 0) is 25.3 Å². The van der Waals surface area contributed by atoms with Crippen molar-refractivity contribution in [2.75, 3.05) is 6.26 Å². The molecule has 0 amide bonds. The molecule has 0 radical (unpaired) electrons. The minimum atomic E-state index is 0.0505. The number of benzene rings is 2. The Morgan fingerprint density at radius 3 is 2.25 bits per heavy atom. The van der Waals surface area contributed by atoms with Crippen LogP contribution in [0.25, 0.3) is 0 Å². The third kappa shape index (κ3) is 4.29. The molecular weight excluding hydrogens is 284 g/mol. The van der Waals surface area contributed by atoms with Crippen molar-refractivity contribution in [2.45, 2.75) is 11.8 Å². The number of hydrogen-bond acceptors (Lipinski definition) is 3. The van der Waals surface area contributed by atoms with E-state index in [2.05, 4.69) is 31.2 Å². The number of carbonyl (C=O) groups excluding carboxylic acids is 1. The van der Waals surface area contributed by atoms with E-state index in [0.717, 1.165) is 14.7 Å². The molecule has 2 aromatic carbocycles. The van der Waals surface area contributed by atoms with Crippen molar-refractivity contribution < 1.29 is 4.79 Å². The first-order chi connectivity index (χ1) is 9.69. The summed E-state index contributed by atoms with van der Waals surface area (Å²) in [5.41, 5.74) is 1.97. The van der Waals surface area contributed by atoms with Crippen LogP contribution in [0, 0.1) is 6.92 Å². The molecular formula is C17H16OS2. The van der Waals surface area contributed by atoms with Crippen molar-refractivity contribution in [3.8, 4) is 0 Å². The summed E-state index contributed by atoms with van der Waals surface area (Å²) >= 11 is 3.22. The maximum atomic E-state index is 12.2. The van der Waals surface area contributed by atoms with Crippen molar-refractivity contribution in [3.63, 3.8) is 0 Å². The molecule has 0 N–H and O–H groups in total. The molecule has 0 aliphatic heterocycles. The van der Waals surface area contributed by atoms with Crippen LogP contribution in [0.15, 0.2) is 69.8 Å². The standard InChI is InChI=1S/C17H16OS2/c1-13-8-10-15(11-9-13)20-17(19-2)12-16(18)14-6-4-3-5-7-14/h3-12H,1-2H3/b17-12+. The van der Waals surface area contributed by atoms with E-state index in [9.17, 15) is 4.79 Å². The molecule has 2 rings (SSSR count). The third-order valence-electron chi connectivity index (χ3n) is 2.75. The highest BCUT2D eigenvalue weighted by Crippen LogP contribution is 2.33. The van der Waals surface area contributed by atoms with Gasteiger partial charge in [-0.1, -0.05) is 59.8 Å². The lowest BCUT2D eigenvalue weighted by Gasteiger charge is -2.04. The van der Waals surface area contributed by atoms with Crippen LogP contribution >= 0.6 is 23.5 Å². The van der Waals surface area contributed by atoms with Crippen LogP contribution in [-0.2, 0) is 0 Å². The zero-order valence-corrected chi connectivity index (χ0v) is 13.1. The number of ketones is 1. The van der Waals surface area contributed by atoms with Gasteiger partial charge in [-0.15, -0.1) is 11.8 Å². The van der Waals surface area contributed by atoms with Gasteiger partial charge >= 0.3 is 0 Å². The fraction of sp³-hybridized carbons (Fsp3) is 0.118. The second-order valence-electron chi connectivity index (χ2n) is 4.31. The molecule has 1 nitrogen and oxygen atoms in total. The SMILES string of the molecule is CS/C(=C\C(=O)c1ccccc1)Sc1ccc(C)cc1. The van der Waals surface area contributed by atoms with Gasteiger partial charge in [0.2, 0.25) is 0 Å². The minimum absolute atomic E-state index is 0.0505. The molecule has 20 heavy (non-hydrogen) atoms. The number of thioether (sulfide) groups is 2. The summed E-state index contributed by atoms with van der Waals surface area (Å²) in [6.07, 6.45) is 3.70. The first kappa shape index (κ1) is 14.9. The number of allylic oxidation sites excluding steroid dienone is 1. The maximum absolute atomic E-state index is 12.2. The zero-order valence-electron chi connectivity index (χ0n) is 11.5. The molecule has 0 spiro atoms. The summed E-state index contributed by atoms with van der Waals surface area (Å²) in [5, 5.41) is 0. The Balaban J connectivity index is 2.13. The molecule has 0 unspecified atom stereocenters. The van der Waals surface area contributed by atoms with Crippen LogP contribution in [0.5, 0.6) is 0 Å². The van der Waals surface area contributed by atoms with Crippen LogP contribution in [0.1, 0.15) is 15.9 Å². The highest BCUT2D eigenvalue weighted by atomic mass is 32.2. The Kier molecular flexibility index (Phi) is 5.50. The average molecular weight is 300 g/mol. The summed E-state index contributed by atoms with van der Waals surface area (Å²) < 4.78 is 1.00. The molecule has 0 bridgehead atoms. The van der Waals surface area contributed by atoms with Gasteiger partial charge in [0.05, 0.1) is 0 Å². The highest BCUT2D eigenvalue weighted by Gasteiger charge is 2.05. The summed E-state index contributed by atoms with van der Waals surface area (Å²) in [5.74, 6) is 0.0505. The highest BCUT2D eigenvalue weighted by molar-refractivity contribution is 8.22. The van der Waals surface area contributed by atoms with Crippen LogP contribution in [-0.4, -0.2) is 12.0 Å². The predicted molar refractivity (Wildman–Crippen MR) is 89.4 cm³/mol. The van der Waals surface area contributed by atoms with E-state index in [1.165, 1.54) is 5.56 Å². The summed E-state index contributed by atoms with van der Waals surface area (Å²) in [4.78, 5) is 13.3. The lowest BCUT2D eigenvalue weighted by molar-refractivity contribution is 0.104. The van der Waals surface area contributed by atoms with Crippen molar-refractivity contribution in [3.05, 3.63) is 76.0 Å². The fourth-order valence-corrected chi connectivity index (χ4v) is 3.16. The number of rotatable bonds is 5. The van der Waals surface area contributed by atoms with Gasteiger partial charge in [-0.3, -0.25) is 4.79 Å². The summed E-state index contributed by atoms with van der Waals surface area (Å²) in [6.45, 7) is 2.07. The molecule has 0 aromatic heterocycles. The van der Waals surface area contributed by atoms with Crippen LogP contribution < -0.4 is 0 Å². The second-order valence-corrected chi connectivity index (χ2v) is 6.53. The molecule has 0 saturated carbocycles. The predicted octanol–water partition coefficient (Wildman–Crippen LogP) is 5.17. The van der Waals surface area contributed by atoms with Gasteiger partial charge in [0.25, 0.3) is 0 Å². The van der Waals surface area contributed by atoms with E-state index >= 15 is 0 Å². The average Bonchev–Trinajstić information content (AvgIpc) is 2.49. The number of hydrogen-bond donors (Lipinski definition) is 0. The Morgan fingerprint density at radius 1 is 1.00 bits per heavy atom. The summed E-state index contributed by atoms with van der Waals surface area (Å²) in [7, 11) is 0. The quantitative estimate of drug-likeness (QED) is 0.430. The largest absolute Gasteiger partial charge is 0.289 e. The maximum Gasteiger partial charge on any atom is 0.187 e. The van der Waals surface area contributed by atoms with Gasteiger partial charge in [0.15, 0.2) is 5.78 Å². The number of aryl methyl sites for hydroxylation is 1. The van der Waals surface area contributed by atoms with Crippen molar-refractivity contribution in [1.29, 1.82) is 0 Å². The molecule has 0 saturated heterocycles. The molecule has 0 atom stereocenters. The fourth-order valence-electron chi connectivity index (χ4n) is 1.65. The van der Waals surface area contributed by atoms with Crippen molar-refractivity contribution >= 4 is 29.3 Å². The van der Waals surface area contributed by atoms with Crippen LogP contribution in [0.3, 0.4) is 0 Å². The first-order valence-corrected chi connectivity index (χ1v) is 8.33. The third-order valence-corrected chi connectivity index (χ3v) is 4.84. The van der Waals surface area contributed by atoms with E-state index in [4.69, 9.17) is 0 Å². The Hall–Kier alpha value is -1.45. The van der Waals surface area contributed by atoms with Crippen molar-refractivity contribution in [1.82, 2.24) is 0 Å². The van der Waals surface area contributed by atoms with Gasteiger partial charge in [-0.2, -0.15) is 0 Å². The van der Waals surface area contributed by atoms with Crippen LogP contribution in [0.2, 0.25) is 0 Å². The molecule has 2 aromatic rings. The molecule has 0 aliphatic carbocycles.